The van der Waals surface area contributed by atoms with Crippen LogP contribution in [0.5, 0.6) is 0 Å². The van der Waals surface area contributed by atoms with E-state index < -0.39 is 0 Å². The molecule has 0 radical (unpaired) electrons. The highest BCUT2D eigenvalue weighted by molar-refractivity contribution is 9.10. The SMILES string of the molecule is Cc1cc(Br)ccc1NC(=O)C1CC(=O)N(C2CCCCCC2)C1. The first kappa shape index (κ1) is 17.5. The maximum Gasteiger partial charge on any atom is 0.229 e. The Morgan fingerprint density at radius 3 is 2.58 bits per heavy atom. The number of nitrogens with zero attached hydrogens (tertiary/aromatic N) is 1. The van der Waals surface area contributed by atoms with Gasteiger partial charge in [-0.2, -0.15) is 0 Å². The summed E-state index contributed by atoms with van der Waals surface area (Å²) < 4.78 is 0.994. The van der Waals surface area contributed by atoms with Crippen molar-refractivity contribution in [2.24, 2.45) is 5.92 Å². The van der Waals surface area contributed by atoms with Gasteiger partial charge >= 0.3 is 0 Å². The van der Waals surface area contributed by atoms with Gasteiger partial charge in [0.25, 0.3) is 0 Å². The predicted octanol–water partition coefficient (Wildman–Crippen LogP) is 4.27. The van der Waals surface area contributed by atoms with Gasteiger partial charge in [-0.15, -0.1) is 0 Å². The van der Waals surface area contributed by atoms with Gasteiger partial charge in [-0.05, 0) is 43.5 Å². The molecule has 130 valence electrons. The number of aryl methyl sites for hydroxylation is 1. The Morgan fingerprint density at radius 2 is 1.92 bits per heavy atom. The fourth-order valence-electron chi connectivity index (χ4n) is 3.83. The summed E-state index contributed by atoms with van der Waals surface area (Å²) in [6.45, 7) is 2.54. The zero-order valence-corrected chi connectivity index (χ0v) is 15.8. The predicted molar refractivity (Wildman–Crippen MR) is 98.8 cm³/mol. The first-order valence-electron chi connectivity index (χ1n) is 8.91. The normalized spacial score (nSPS) is 22.5. The fraction of sp³-hybridized carbons (Fsp3) is 0.579. The molecule has 4 nitrogen and oxygen atoms in total. The average Bonchev–Trinajstić information content (AvgIpc) is 2.76. The van der Waals surface area contributed by atoms with Crippen LogP contribution in [0.1, 0.15) is 50.5 Å². The van der Waals surface area contributed by atoms with Crippen molar-refractivity contribution in [2.75, 3.05) is 11.9 Å². The van der Waals surface area contributed by atoms with Gasteiger partial charge in [-0.1, -0.05) is 41.6 Å². The van der Waals surface area contributed by atoms with E-state index in [0.717, 1.165) is 28.6 Å². The van der Waals surface area contributed by atoms with Crippen LogP contribution >= 0.6 is 15.9 Å². The standard InChI is InChI=1S/C19H25BrN2O2/c1-13-10-15(20)8-9-17(13)21-19(24)14-11-18(23)22(12-14)16-6-4-2-3-5-7-16/h8-10,14,16H,2-7,11-12H2,1H3,(H,21,24). The van der Waals surface area contributed by atoms with Crippen LogP contribution in [0, 0.1) is 12.8 Å². The van der Waals surface area contributed by atoms with Crippen LogP contribution in [0.3, 0.4) is 0 Å². The highest BCUT2D eigenvalue weighted by Gasteiger charge is 2.37. The molecule has 1 aliphatic carbocycles. The van der Waals surface area contributed by atoms with Gasteiger partial charge in [-0.3, -0.25) is 9.59 Å². The Kier molecular flexibility index (Phi) is 5.59. The Hall–Kier alpha value is -1.36. The molecular formula is C19H25BrN2O2. The molecule has 1 atom stereocenters. The van der Waals surface area contributed by atoms with E-state index in [2.05, 4.69) is 21.2 Å². The number of hydrogen-bond acceptors (Lipinski definition) is 2. The number of nitrogens with one attached hydrogen (secondary N) is 1. The minimum Gasteiger partial charge on any atom is -0.339 e. The molecule has 24 heavy (non-hydrogen) atoms. The molecule has 1 aliphatic heterocycles. The van der Waals surface area contributed by atoms with Gasteiger partial charge in [0.15, 0.2) is 0 Å². The third-order valence-corrected chi connectivity index (χ3v) is 5.73. The molecule has 1 saturated carbocycles. The highest BCUT2D eigenvalue weighted by atomic mass is 79.9. The molecule has 1 aromatic carbocycles. The maximum absolute atomic E-state index is 12.6. The van der Waals surface area contributed by atoms with Gasteiger partial charge < -0.3 is 10.2 Å². The van der Waals surface area contributed by atoms with Crippen molar-refractivity contribution in [1.82, 2.24) is 4.90 Å². The van der Waals surface area contributed by atoms with E-state index in [9.17, 15) is 9.59 Å². The number of anilines is 1. The van der Waals surface area contributed by atoms with Gasteiger partial charge in [0.05, 0.1) is 5.92 Å². The molecule has 5 heteroatoms. The van der Waals surface area contributed by atoms with Gasteiger partial charge in [0, 0.05) is 29.2 Å². The van der Waals surface area contributed by atoms with E-state index >= 15 is 0 Å². The molecule has 2 amide bonds. The molecule has 2 fully saturated rings. The third-order valence-electron chi connectivity index (χ3n) is 5.24. The van der Waals surface area contributed by atoms with Crippen molar-refractivity contribution in [3.05, 3.63) is 28.2 Å². The van der Waals surface area contributed by atoms with Crippen LogP contribution < -0.4 is 5.32 Å². The monoisotopic (exact) mass is 392 g/mol. The van der Waals surface area contributed by atoms with E-state index in [-0.39, 0.29) is 17.7 Å². The number of hydrogen-bond donors (Lipinski definition) is 1. The first-order valence-corrected chi connectivity index (χ1v) is 9.70. The average molecular weight is 393 g/mol. The minimum atomic E-state index is -0.233. The Morgan fingerprint density at radius 1 is 1.21 bits per heavy atom. The summed E-state index contributed by atoms with van der Waals surface area (Å²) in [5, 5.41) is 3.00. The topological polar surface area (TPSA) is 49.4 Å². The second-order valence-electron chi connectivity index (χ2n) is 7.04. The molecule has 0 spiro atoms. The summed E-state index contributed by atoms with van der Waals surface area (Å²) >= 11 is 3.43. The quantitative estimate of drug-likeness (QED) is 0.780. The zero-order valence-electron chi connectivity index (χ0n) is 14.2. The number of amides is 2. The lowest BCUT2D eigenvalue weighted by atomic mass is 10.1. The number of carbonyl (C=O) groups is 2. The van der Waals surface area contributed by atoms with Crippen molar-refractivity contribution in [3.63, 3.8) is 0 Å². The number of halogens is 1. The van der Waals surface area contributed by atoms with E-state index in [4.69, 9.17) is 0 Å². The number of benzene rings is 1. The van der Waals surface area contributed by atoms with Gasteiger partial charge in [0.1, 0.15) is 0 Å². The first-order chi connectivity index (χ1) is 11.5. The summed E-state index contributed by atoms with van der Waals surface area (Å²) in [7, 11) is 0. The van der Waals surface area contributed by atoms with Crippen molar-refractivity contribution in [2.45, 2.75) is 57.9 Å². The number of rotatable bonds is 3. The van der Waals surface area contributed by atoms with Crippen molar-refractivity contribution in [1.29, 1.82) is 0 Å². The molecule has 2 aliphatic rings. The van der Waals surface area contributed by atoms with E-state index in [1.807, 2.05) is 30.0 Å². The Bertz CT molecular complexity index is 624. The van der Waals surface area contributed by atoms with Crippen molar-refractivity contribution >= 4 is 33.4 Å². The molecule has 3 rings (SSSR count). The molecule has 1 unspecified atom stereocenters. The molecule has 0 bridgehead atoms. The van der Waals surface area contributed by atoms with E-state index in [1.54, 1.807) is 0 Å². The highest BCUT2D eigenvalue weighted by Crippen LogP contribution is 2.29. The van der Waals surface area contributed by atoms with Gasteiger partial charge in [0.2, 0.25) is 11.8 Å². The molecular weight excluding hydrogens is 368 g/mol. The molecule has 0 aromatic heterocycles. The summed E-state index contributed by atoms with van der Waals surface area (Å²) in [6.07, 6.45) is 7.46. The van der Waals surface area contributed by atoms with E-state index in [0.29, 0.717) is 19.0 Å². The zero-order chi connectivity index (χ0) is 17.1. The summed E-state index contributed by atoms with van der Waals surface area (Å²) in [5.74, 6) is -0.122. The van der Waals surface area contributed by atoms with Crippen LogP contribution in [0.25, 0.3) is 0 Å². The lowest BCUT2D eigenvalue weighted by Gasteiger charge is -2.27. The smallest absolute Gasteiger partial charge is 0.229 e. The van der Waals surface area contributed by atoms with Crippen LogP contribution in [0.15, 0.2) is 22.7 Å². The number of likely N-dealkylation sites (tertiary alicyclic amines) is 1. The lowest BCUT2D eigenvalue weighted by Crippen LogP contribution is -2.37. The van der Waals surface area contributed by atoms with Crippen LogP contribution in [-0.2, 0) is 9.59 Å². The van der Waals surface area contributed by atoms with Crippen LogP contribution in [-0.4, -0.2) is 29.3 Å². The van der Waals surface area contributed by atoms with E-state index in [1.165, 1.54) is 25.7 Å². The minimum absolute atomic E-state index is 0.0371. The lowest BCUT2D eigenvalue weighted by molar-refractivity contribution is -0.130. The second kappa shape index (κ2) is 7.68. The maximum atomic E-state index is 12.6. The molecule has 1 heterocycles. The summed E-state index contributed by atoms with van der Waals surface area (Å²) in [6, 6.07) is 6.14. The molecule has 1 N–H and O–H groups in total. The molecule has 1 saturated heterocycles. The fourth-order valence-corrected chi connectivity index (χ4v) is 4.31. The van der Waals surface area contributed by atoms with Crippen LogP contribution in [0.4, 0.5) is 5.69 Å². The largest absolute Gasteiger partial charge is 0.339 e. The van der Waals surface area contributed by atoms with Crippen LogP contribution in [0.2, 0.25) is 0 Å². The van der Waals surface area contributed by atoms with Crippen molar-refractivity contribution < 1.29 is 9.59 Å². The third kappa shape index (κ3) is 4.00. The Balaban J connectivity index is 1.63. The second-order valence-corrected chi connectivity index (χ2v) is 7.96. The number of carbonyl (C=O) groups excluding carboxylic acids is 2. The summed E-state index contributed by atoms with van der Waals surface area (Å²) in [5.41, 5.74) is 1.84. The van der Waals surface area contributed by atoms with Crippen molar-refractivity contribution in [3.8, 4) is 0 Å². The summed E-state index contributed by atoms with van der Waals surface area (Å²) in [4.78, 5) is 27.0. The van der Waals surface area contributed by atoms with Gasteiger partial charge in [-0.25, -0.2) is 0 Å². The Labute approximate surface area is 152 Å². The molecule has 1 aromatic rings.